The van der Waals surface area contributed by atoms with Crippen LogP contribution < -0.4 is 26.8 Å². The number of nitrogens with one attached hydrogen (secondary N) is 1. The second kappa shape index (κ2) is 9.82. The van der Waals surface area contributed by atoms with Crippen LogP contribution in [0.5, 0.6) is 0 Å². The van der Waals surface area contributed by atoms with Gasteiger partial charge in [0.1, 0.15) is 11.5 Å². The first-order valence-corrected chi connectivity index (χ1v) is 11.3. The lowest BCUT2D eigenvalue weighted by Crippen LogP contribution is -2.37. The van der Waals surface area contributed by atoms with Gasteiger partial charge in [-0.05, 0) is 25.5 Å². The van der Waals surface area contributed by atoms with E-state index in [1.54, 1.807) is 16.8 Å². The number of hydrogen-bond acceptors (Lipinski definition) is 7. The highest BCUT2D eigenvalue weighted by Gasteiger charge is 2.20. The lowest BCUT2D eigenvalue weighted by Gasteiger charge is -2.21. The topological polar surface area (TPSA) is 117 Å². The number of aromatic nitrogens is 3. The highest BCUT2D eigenvalue weighted by atomic mass is 32.1. The summed E-state index contributed by atoms with van der Waals surface area (Å²) in [4.78, 5) is 47.1. The number of thiazole rings is 1. The minimum absolute atomic E-state index is 0.134. The van der Waals surface area contributed by atoms with Crippen molar-refractivity contribution < 1.29 is 4.79 Å². The number of anilines is 4. The van der Waals surface area contributed by atoms with Gasteiger partial charge in [-0.1, -0.05) is 31.0 Å². The summed E-state index contributed by atoms with van der Waals surface area (Å²) in [7, 11) is 1.72. The predicted octanol–water partition coefficient (Wildman–Crippen LogP) is 3.00. The molecule has 3 aromatic rings. The van der Waals surface area contributed by atoms with Crippen molar-refractivity contribution in [2.24, 2.45) is 0 Å². The van der Waals surface area contributed by atoms with E-state index in [0.29, 0.717) is 17.4 Å². The Morgan fingerprint density at radius 1 is 1.25 bits per heavy atom. The zero-order chi connectivity index (χ0) is 23.4. The summed E-state index contributed by atoms with van der Waals surface area (Å²) in [5.41, 5.74) is 7.88. The predicted molar refractivity (Wildman–Crippen MR) is 129 cm³/mol. The van der Waals surface area contributed by atoms with Crippen molar-refractivity contribution in [2.75, 3.05) is 22.6 Å². The number of aryl methyl sites for hydroxylation is 1. The van der Waals surface area contributed by atoms with Gasteiger partial charge >= 0.3 is 5.69 Å². The van der Waals surface area contributed by atoms with Crippen molar-refractivity contribution in [3.8, 4) is 0 Å². The van der Waals surface area contributed by atoms with Crippen LogP contribution in [-0.2, 0) is 17.9 Å². The molecule has 0 unspecified atom stereocenters. The van der Waals surface area contributed by atoms with Crippen LogP contribution in [0.2, 0.25) is 0 Å². The molecule has 0 spiro atoms. The van der Waals surface area contributed by atoms with Gasteiger partial charge in [-0.25, -0.2) is 9.78 Å². The van der Waals surface area contributed by atoms with Gasteiger partial charge in [-0.2, -0.15) is 0 Å². The molecule has 32 heavy (non-hydrogen) atoms. The first kappa shape index (κ1) is 23.3. The largest absolute Gasteiger partial charge is 0.383 e. The van der Waals surface area contributed by atoms with Gasteiger partial charge in [0.15, 0.2) is 5.13 Å². The first-order chi connectivity index (χ1) is 15.2. The minimum Gasteiger partial charge on any atom is -0.383 e. The molecule has 0 bridgehead atoms. The number of rotatable bonds is 8. The van der Waals surface area contributed by atoms with Crippen molar-refractivity contribution in [1.82, 2.24) is 14.5 Å². The Bertz CT molecular complexity index is 1210. The number of amides is 1. The van der Waals surface area contributed by atoms with Crippen LogP contribution in [0.1, 0.15) is 37.9 Å². The number of carbonyl (C=O) groups is 1. The minimum atomic E-state index is -0.539. The molecule has 0 aliphatic carbocycles. The maximum Gasteiger partial charge on any atom is 0.330 e. The Balaban J connectivity index is 1.88. The van der Waals surface area contributed by atoms with Crippen molar-refractivity contribution in [2.45, 2.75) is 46.7 Å². The lowest BCUT2D eigenvalue weighted by atomic mass is 10.2. The van der Waals surface area contributed by atoms with Crippen LogP contribution in [0.25, 0.3) is 0 Å². The monoisotopic (exact) mass is 456 g/mol. The van der Waals surface area contributed by atoms with Crippen molar-refractivity contribution in [3.63, 3.8) is 0 Å². The highest BCUT2D eigenvalue weighted by Crippen LogP contribution is 2.30. The van der Waals surface area contributed by atoms with Crippen LogP contribution in [0, 0.1) is 6.92 Å². The zero-order valence-electron chi connectivity index (χ0n) is 18.7. The average Bonchev–Trinajstić information content (AvgIpc) is 3.16. The van der Waals surface area contributed by atoms with Crippen molar-refractivity contribution in [3.05, 3.63) is 61.7 Å². The molecule has 2 heterocycles. The van der Waals surface area contributed by atoms with Crippen LogP contribution in [0.3, 0.4) is 0 Å². The first-order valence-electron chi connectivity index (χ1n) is 10.4. The molecule has 0 aliphatic rings. The molecule has 0 saturated heterocycles. The standard InChI is InChI=1S/C22H28N6O3S/c1-5-6-11-27-19(23)18(20(30)25-21(27)31)26(4)12-16-13-32-22(24-16)28(15(3)29)17-9-7-14(2)8-10-17/h7-10,13H,5-6,11-12,23H2,1-4H3,(H,25,30,31). The highest BCUT2D eigenvalue weighted by molar-refractivity contribution is 7.14. The van der Waals surface area contributed by atoms with Gasteiger partial charge in [0.25, 0.3) is 5.56 Å². The van der Waals surface area contributed by atoms with E-state index in [4.69, 9.17) is 5.73 Å². The number of nitrogens with two attached hydrogens (primary N) is 1. The van der Waals surface area contributed by atoms with Gasteiger partial charge in [-0.15, -0.1) is 11.3 Å². The molecule has 3 rings (SSSR count). The van der Waals surface area contributed by atoms with E-state index in [2.05, 4.69) is 9.97 Å². The summed E-state index contributed by atoms with van der Waals surface area (Å²) in [6, 6.07) is 7.64. The molecule has 3 N–H and O–H groups in total. The van der Waals surface area contributed by atoms with E-state index < -0.39 is 11.2 Å². The summed E-state index contributed by atoms with van der Waals surface area (Å²) in [5.74, 6) is -0.0121. The second-order valence-corrected chi connectivity index (χ2v) is 8.50. The molecule has 170 valence electrons. The quantitative estimate of drug-likeness (QED) is 0.538. The number of H-pyrrole nitrogens is 1. The van der Waals surface area contributed by atoms with Gasteiger partial charge in [0.2, 0.25) is 5.91 Å². The Morgan fingerprint density at radius 3 is 2.56 bits per heavy atom. The summed E-state index contributed by atoms with van der Waals surface area (Å²) in [6.45, 7) is 6.21. The molecule has 0 aliphatic heterocycles. The third-order valence-electron chi connectivity index (χ3n) is 5.07. The Hall–Kier alpha value is -3.40. The fourth-order valence-corrected chi connectivity index (χ4v) is 4.28. The van der Waals surface area contributed by atoms with E-state index >= 15 is 0 Å². The van der Waals surface area contributed by atoms with Gasteiger partial charge < -0.3 is 10.6 Å². The van der Waals surface area contributed by atoms with E-state index in [0.717, 1.165) is 24.1 Å². The molecular formula is C22H28N6O3S. The lowest BCUT2D eigenvalue weighted by molar-refractivity contribution is -0.115. The molecule has 2 aromatic heterocycles. The molecule has 1 aromatic carbocycles. The molecule has 9 nitrogen and oxygen atoms in total. The SMILES string of the molecule is CCCCn1c(N)c(N(C)Cc2csc(N(C(C)=O)c3ccc(C)cc3)n2)c(=O)[nH]c1=O. The van der Waals surface area contributed by atoms with E-state index in [1.807, 2.05) is 43.5 Å². The van der Waals surface area contributed by atoms with Crippen LogP contribution in [0.15, 0.2) is 39.2 Å². The molecule has 0 saturated carbocycles. The van der Waals surface area contributed by atoms with Crippen LogP contribution in [0.4, 0.5) is 22.3 Å². The fourth-order valence-electron chi connectivity index (χ4n) is 3.40. The van der Waals surface area contributed by atoms with Gasteiger partial charge in [0.05, 0.1) is 17.9 Å². The zero-order valence-corrected chi connectivity index (χ0v) is 19.5. The molecule has 0 atom stereocenters. The molecular weight excluding hydrogens is 428 g/mol. The van der Waals surface area contributed by atoms with Gasteiger partial charge in [-0.3, -0.25) is 24.0 Å². The van der Waals surface area contributed by atoms with Crippen molar-refractivity contribution >= 4 is 39.6 Å². The number of nitrogen functional groups attached to an aromatic ring is 1. The summed E-state index contributed by atoms with van der Waals surface area (Å²) < 4.78 is 1.39. The van der Waals surface area contributed by atoms with E-state index in [-0.39, 0.29) is 24.0 Å². The summed E-state index contributed by atoms with van der Waals surface area (Å²) in [5, 5.41) is 2.38. The normalized spacial score (nSPS) is 10.9. The van der Waals surface area contributed by atoms with Crippen LogP contribution in [-0.4, -0.2) is 27.5 Å². The number of nitrogens with zero attached hydrogens (tertiary/aromatic N) is 4. The Morgan fingerprint density at radius 2 is 1.94 bits per heavy atom. The number of aromatic amines is 1. The Labute approximate surface area is 190 Å². The summed E-state index contributed by atoms with van der Waals surface area (Å²) in [6.07, 6.45) is 1.67. The molecule has 0 fully saturated rings. The molecule has 0 radical (unpaired) electrons. The van der Waals surface area contributed by atoms with E-state index in [9.17, 15) is 14.4 Å². The third kappa shape index (κ3) is 4.91. The summed E-state index contributed by atoms with van der Waals surface area (Å²) >= 11 is 1.34. The number of carbonyl (C=O) groups excluding carboxylic acids is 1. The average molecular weight is 457 g/mol. The van der Waals surface area contributed by atoms with Crippen molar-refractivity contribution in [1.29, 1.82) is 0 Å². The second-order valence-electron chi connectivity index (χ2n) is 7.67. The maximum absolute atomic E-state index is 12.5. The number of unbranched alkanes of at least 4 members (excludes halogenated alkanes) is 1. The number of hydrogen-bond donors (Lipinski definition) is 2. The van der Waals surface area contributed by atoms with Gasteiger partial charge in [0, 0.05) is 25.9 Å². The van der Waals surface area contributed by atoms with E-state index in [1.165, 1.54) is 22.8 Å². The molecule has 10 heteroatoms. The Kier molecular flexibility index (Phi) is 7.14. The maximum atomic E-state index is 12.5. The number of benzene rings is 1. The molecule has 1 amide bonds. The fraction of sp³-hybridized carbons (Fsp3) is 0.364. The smallest absolute Gasteiger partial charge is 0.330 e. The van der Waals surface area contributed by atoms with Crippen LogP contribution >= 0.6 is 11.3 Å². The third-order valence-corrected chi connectivity index (χ3v) is 5.94.